The molecular weight excluding hydrogens is 467 g/mol. The van der Waals surface area contributed by atoms with E-state index in [9.17, 15) is 8.42 Å². The Bertz CT molecular complexity index is 666. The highest BCUT2D eigenvalue weighted by molar-refractivity contribution is 14.0. The van der Waals surface area contributed by atoms with Crippen molar-refractivity contribution in [3.63, 3.8) is 0 Å². The highest BCUT2D eigenvalue weighted by atomic mass is 127. The van der Waals surface area contributed by atoms with Crippen LogP contribution in [0.4, 0.5) is 0 Å². The van der Waals surface area contributed by atoms with E-state index >= 15 is 0 Å². The molecule has 9 heteroatoms. The molecule has 0 aromatic heterocycles. The van der Waals surface area contributed by atoms with Gasteiger partial charge in [-0.25, -0.2) is 13.1 Å². The molecule has 0 amide bonds. The molecule has 0 aliphatic heterocycles. The van der Waals surface area contributed by atoms with E-state index in [1.54, 1.807) is 14.0 Å². The van der Waals surface area contributed by atoms with Gasteiger partial charge in [0.15, 0.2) is 5.96 Å². The van der Waals surface area contributed by atoms with Crippen molar-refractivity contribution in [2.75, 3.05) is 32.5 Å². The lowest BCUT2D eigenvalue weighted by atomic mass is 10.1. The van der Waals surface area contributed by atoms with Crippen molar-refractivity contribution >= 4 is 40.0 Å². The van der Waals surface area contributed by atoms with Gasteiger partial charge >= 0.3 is 0 Å². The van der Waals surface area contributed by atoms with Gasteiger partial charge in [-0.15, -0.1) is 24.0 Å². The second-order valence-electron chi connectivity index (χ2n) is 5.61. The van der Waals surface area contributed by atoms with Crippen molar-refractivity contribution in [2.24, 2.45) is 4.99 Å². The van der Waals surface area contributed by atoms with Crippen molar-refractivity contribution in [1.82, 2.24) is 15.4 Å². The lowest BCUT2D eigenvalue weighted by Crippen LogP contribution is -2.41. The van der Waals surface area contributed by atoms with Crippen LogP contribution < -0.4 is 20.1 Å². The van der Waals surface area contributed by atoms with Crippen LogP contribution in [0, 0.1) is 6.92 Å². The van der Waals surface area contributed by atoms with Crippen molar-refractivity contribution < 1.29 is 13.2 Å². The summed E-state index contributed by atoms with van der Waals surface area (Å²) in [4.78, 5) is 4.14. The Morgan fingerprint density at radius 1 is 1.19 bits per heavy atom. The third kappa shape index (κ3) is 9.58. The SMILES string of the molecule is CCCOc1cc(C)ccc1CNC(=NC)NCCNS(=O)(=O)CC.I. The molecule has 150 valence electrons. The Kier molecular flexibility index (Phi) is 12.6. The van der Waals surface area contributed by atoms with Crippen molar-refractivity contribution in [3.05, 3.63) is 29.3 Å². The molecule has 0 unspecified atom stereocenters. The fraction of sp³-hybridized carbons (Fsp3) is 0.588. The van der Waals surface area contributed by atoms with Crippen molar-refractivity contribution in [1.29, 1.82) is 0 Å². The summed E-state index contributed by atoms with van der Waals surface area (Å²) in [5.74, 6) is 1.56. The predicted molar refractivity (Wildman–Crippen MR) is 118 cm³/mol. The Balaban J connectivity index is 0.00000625. The van der Waals surface area contributed by atoms with E-state index in [2.05, 4.69) is 27.3 Å². The van der Waals surface area contributed by atoms with E-state index in [0.717, 1.165) is 23.3 Å². The predicted octanol–water partition coefficient (Wildman–Crippen LogP) is 2.01. The number of hydrogen-bond acceptors (Lipinski definition) is 4. The maximum atomic E-state index is 11.4. The first-order valence-electron chi connectivity index (χ1n) is 8.56. The Hall–Kier alpha value is -1.07. The van der Waals surface area contributed by atoms with Crippen LogP contribution in [0.3, 0.4) is 0 Å². The molecule has 0 saturated carbocycles. The number of hydrogen-bond donors (Lipinski definition) is 3. The maximum absolute atomic E-state index is 11.4. The molecule has 0 fully saturated rings. The molecule has 0 aliphatic rings. The summed E-state index contributed by atoms with van der Waals surface area (Å²) in [5.41, 5.74) is 2.20. The van der Waals surface area contributed by atoms with Gasteiger partial charge < -0.3 is 15.4 Å². The van der Waals surface area contributed by atoms with Crippen LogP contribution >= 0.6 is 24.0 Å². The highest BCUT2D eigenvalue weighted by Gasteiger charge is 2.07. The number of halogens is 1. The molecule has 0 bridgehead atoms. The summed E-state index contributed by atoms with van der Waals surface area (Å²) in [5, 5.41) is 6.30. The van der Waals surface area contributed by atoms with Crippen LogP contribution in [0.15, 0.2) is 23.2 Å². The van der Waals surface area contributed by atoms with Crippen LogP contribution in [0.25, 0.3) is 0 Å². The molecule has 0 saturated heterocycles. The molecule has 26 heavy (non-hydrogen) atoms. The molecule has 7 nitrogen and oxygen atoms in total. The zero-order valence-electron chi connectivity index (χ0n) is 16.0. The maximum Gasteiger partial charge on any atom is 0.211 e. The molecule has 0 heterocycles. The summed E-state index contributed by atoms with van der Waals surface area (Å²) in [6, 6.07) is 6.11. The van der Waals surface area contributed by atoms with E-state index in [4.69, 9.17) is 4.74 Å². The lowest BCUT2D eigenvalue weighted by molar-refractivity contribution is 0.313. The molecule has 0 atom stereocenters. The third-order valence-corrected chi connectivity index (χ3v) is 4.88. The average Bonchev–Trinajstić information content (AvgIpc) is 2.60. The normalized spacial score (nSPS) is 11.6. The van der Waals surface area contributed by atoms with E-state index in [-0.39, 0.29) is 29.7 Å². The zero-order valence-corrected chi connectivity index (χ0v) is 19.1. The molecule has 3 N–H and O–H groups in total. The van der Waals surface area contributed by atoms with Crippen LogP contribution in [0.1, 0.15) is 31.4 Å². The lowest BCUT2D eigenvalue weighted by Gasteiger charge is -2.15. The third-order valence-electron chi connectivity index (χ3n) is 3.47. The van der Waals surface area contributed by atoms with E-state index in [1.807, 2.05) is 25.1 Å². The van der Waals surface area contributed by atoms with Gasteiger partial charge in [-0.3, -0.25) is 4.99 Å². The summed E-state index contributed by atoms with van der Waals surface area (Å²) in [7, 11) is -1.49. The highest BCUT2D eigenvalue weighted by Crippen LogP contribution is 2.20. The minimum atomic E-state index is -3.16. The monoisotopic (exact) mass is 498 g/mol. The second kappa shape index (κ2) is 13.2. The van der Waals surface area contributed by atoms with Crippen LogP contribution in [0.2, 0.25) is 0 Å². The van der Waals surface area contributed by atoms with Crippen molar-refractivity contribution in [2.45, 2.75) is 33.7 Å². The fourth-order valence-electron chi connectivity index (χ4n) is 2.04. The second-order valence-corrected chi connectivity index (χ2v) is 7.71. The van der Waals surface area contributed by atoms with Gasteiger partial charge in [0.2, 0.25) is 10.0 Å². The summed E-state index contributed by atoms with van der Waals surface area (Å²) in [6.45, 7) is 7.73. The topological polar surface area (TPSA) is 91.8 Å². The number of sulfonamides is 1. The van der Waals surface area contributed by atoms with E-state index in [0.29, 0.717) is 32.2 Å². The van der Waals surface area contributed by atoms with Crippen molar-refractivity contribution in [3.8, 4) is 5.75 Å². The van der Waals surface area contributed by atoms with E-state index < -0.39 is 10.0 Å². The fourth-order valence-corrected chi connectivity index (χ4v) is 2.66. The Morgan fingerprint density at radius 3 is 2.54 bits per heavy atom. The minimum absolute atomic E-state index is 0. The van der Waals surface area contributed by atoms with Crippen LogP contribution in [0.5, 0.6) is 5.75 Å². The van der Waals surface area contributed by atoms with Gasteiger partial charge in [0.05, 0.1) is 12.4 Å². The number of ether oxygens (including phenoxy) is 1. The van der Waals surface area contributed by atoms with Gasteiger partial charge in [-0.2, -0.15) is 0 Å². The van der Waals surface area contributed by atoms with Gasteiger partial charge in [0, 0.05) is 32.2 Å². The molecule has 0 aliphatic carbocycles. The zero-order chi connectivity index (χ0) is 18.7. The first kappa shape index (κ1) is 24.9. The Morgan fingerprint density at radius 2 is 1.92 bits per heavy atom. The largest absolute Gasteiger partial charge is 0.493 e. The van der Waals surface area contributed by atoms with Gasteiger partial charge in [0.25, 0.3) is 0 Å². The molecule has 1 aromatic carbocycles. The molecular formula is C17H31IN4O3S. The number of rotatable bonds is 10. The Labute approximate surface area is 174 Å². The molecule has 1 aromatic rings. The number of aliphatic imine (C=N–C) groups is 1. The van der Waals surface area contributed by atoms with Crippen LogP contribution in [-0.4, -0.2) is 46.9 Å². The molecule has 1 rings (SSSR count). The number of nitrogens with one attached hydrogen (secondary N) is 3. The van der Waals surface area contributed by atoms with Crippen LogP contribution in [-0.2, 0) is 16.6 Å². The molecule has 0 spiro atoms. The van der Waals surface area contributed by atoms with Gasteiger partial charge in [0.1, 0.15) is 5.75 Å². The van der Waals surface area contributed by atoms with Gasteiger partial charge in [-0.05, 0) is 31.9 Å². The average molecular weight is 498 g/mol. The minimum Gasteiger partial charge on any atom is -0.493 e. The summed E-state index contributed by atoms with van der Waals surface area (Å²) < 4.78 is 31.1. The first-order valence-corrected chi connectivity index (χ1v) is 10.2. The smallest absolute Gasteiger partial charge is 0.211 e. The standard InChI is InChI=1S/C17H30N4O3S.HI/c1-5-11-24-16-12-14(3)7-8-15(16)13-20-17(18-4)19-9-10-21-25(22,23)6-2;/h7-8,12,21H,5-6,9-11,13H2,1-4H3,(H2,18,19,20);1H. The summed E-state index contributed by atoms with van der Waals surface area (Å²) >= 11 is 0. The number of guanidine groups is 1. The van der Waals surface area contributed by atoms with Gasteiger partial charge in [-0.1, -0.05) is 19.1 Å². The quantitative estimate of drug-likeness (QED) is 0.199. The molecule has 0 radical (unpaired) electrons. The summed E-state index contributed by atoms with van der Waals surface area (Å²) in [6.07, 6.45) is 0.956. The number of aryl methyl sites for hydroxylation is 1. The number of benzene rings is 1. The van der Waals surface area contributed by atoms with E-state index in [1.165, 1.54) is 0 Å². The number of nitrogens with zero attached hydrogens (tertiary/aromatic N) is 1. The first-order chi connectivity index (χ1) is 11.9.